The monoisotopic (exact) mass is 420 g/mol. The highest BCUT2D eigenvalue weighted by atomic mass is 19.1. The number of alkyl halides is 1. The highest BCUT2D eigenvalue weighted by Crippen LogP contribution is 2.26. The Bertz CT molecular complexity index is 897. The third-order valence-electron chi connectivity index (χ3n) is 4.15. The van der Waals surface area contributed by atoms with Gasteiger partial charge < -0.3 is 20.1 Å². The maximum atomic E-state index is 14.4. The van der Waals surface area contributed by atoms with Crippen molar-refractivity contribution in [2.24, 2.45) is 0 Å². The van der Waals surface area contributed by atoms with E-state index in [2.05, 4.69) is 10.6 Å². The van der Waals surface area contributed by atoms with Crippen LogP contribution in [-0.4, -0.2) is 31.4 Å². The third-order valence-corrected chi connectivity index (χ3v) is 4.15. The van der Waals surface area contributed by atoms with Gasteiger partial charge in [-0.05, 0) is 39.0 Å². The summed E-state index contributed by atoms with van der Waals surface area (Å²) in [6.45, 7) is 3.95. The molecule has 1 unspecified atom stereocenters. The minimum absolute atomic E-state index is 0.0144. The Hall–Kier alpha value is -3.16. The summed E-state index contributed by atoms with van der Waals surface area (Å²) in [6.07, 6.45) is -0.743. The van der Waals surface area contributed by atoms with Gasteiger partial charge in [0.25, 0.3) is 5.91 Å². The zero-order chi connectivity index (χ0) is 22.3. The van der Waals surface area contributed by atoms with Crippen LogP contribution in [0.2, 0.25) is 0 Å². The average molecular weight is 420 g/mol. The van der Waals surface area contributed by atoms with Crippen molar-refractivity contribution in [3.63, 3.8) is 0 Å². The summed E-state index contributed by atoms with van der Waals surface area (Å²) in [6, 6.07) is 9.69. The molecule has 0 bridgehead atoms. The molecule has 2 aromatic carbocycles. The number of carbonyl (C=O) groups excluding carboxylic acids is 2. The first-order chi connectivity index (χ1) is 14.2. The van der Waals surface area contributed by atoms with Crippen LogP contribution in [0.1, 0.15) is 48.3 Å². The fourth-order valence-corrected chi connectivity index (χ4v) is 2.82. The van der Waals surface area contributed by atoms with Crippen LogP contribution >= 0.6 is 0 Å². The molecule has 0 radical (unpaired) electrons. The summed E-state index contributed by atoms with van der Waals surface area (Å²) in [4.78, 5) is 24.7. The zero-order valence-electron chi connectivity index (χ0n) is 17.4. The van der Waals surface area contributed by atoms with Gasteiger partial charge in [-0.3, -0.25) is 4.79 Å². The number of hydrogen-bond acceptors (Lipinski definition) is 4. The molecule has 0 aliphatic rings. The molecule has 2 aromatic rings. The van der Waals surface area contributed by atoms with E-state index in [4.69, 9.17) is 9.47 Å². The van der Waals surface area contributed by atoms with Crippen LogP contribution in [0.15, 0.2) is 42.5 Å². The second-order valence-electron chi connectivity index (χ2n) is 7.54. The van der Waals surface area contributed by atoms with Gasteiger partial charge in [0, 0.05) is 23.2 Å². The zero-order valence-corrected chi connectivity index (χ0v) is 17.4. The van der Waals surface area contributed by atoms with Crippen LogP contribution in [0.3, 0.4) is 0 Å². The average Bonchev–Trinajstić information content (AvgIpc) is 2.69. The molecular weight excluding hydrogens is 394 g/mol. The Balaban J connectivity index is 2.21. The molecule has 0 heterocycles. The maximum absolute atomic E-state index is 14.4. The molecule has 0 aromatic heterocycles. The van der Waals surface area contributed by atoms with Gasteiger partial charge in [0.1, 0.15) is 23.8 Å². The molecule has 0 aliphatic heterocycles. The maximum Gasteiger partial charge on any atom is 0.407 e. The quantitative estimate of drug-likeness (QED) is 0.700. The van der Waals surface area contributed by atoms with E-state index in [0.29, 0.717) is 11.3 Å². The predicted octanol–water partition coefficient (Wildman–Crippen LogP) is 4.30. The Kier molecular flexibility index (Phi) is 7.74. The number of para-hydroxylation sites is 1. The number of halogens is 2. The third kappa shape index (κ3) is 6.17. The van der Waals surface area contributed by atoms with E-state index in [1.165, 1.54) is 25.3 Å². The number of benzene rings is 2. The van der Waals surface area contributed by atoms with Crippen LogP contribution in [0.25, 0.3) is 0 Å². The van der Waals surface area contributed by atoms with Crippen molar-refractivity contribution in [1.29, 1.82) is 0 Å². The molecule has 6 nitrogen and oxygen atoms in total. The summed E-state index contributed by atoms with van der Waals surface area (Å²) in [7, 11) is 1.45. The summed E-state index contributed by atoms with van der Waals surface area (Å²) >= 11 is 0. The predicted molar refractivity (Wildman–Crippen MR) is 109 cm³/mol. The van der Waals surface area contributed by atoms with Crippen LogP contribution in [0, 0.1) is 5.82 Å². The van der Waals surface area contributed by atoms with Crippen molar-refractivity contribution in [3.05, 3.63) is 65.0 Å². The fraction of sp³-hybridized carbons (Fsp3) is 0.364. The minimum atomic E-state index is -0.983. The first-order valence-corrected chi connectivity index (χ1v) is 9.40. The van der Waals surface area contributed by atoms with E-state index in [9.17, 15) is 18.4 Å². The van der Waals surface area contributed by atoms with E-state index in [-0.39, 0.29) is 17.7 Å². The molecule has 8 heteroatoms. The molecule has 2 rings (SSSR count). The van der Waals surface area contributed by atoms with Crippen LogP contribution < -0.4 is 15.4 Å². The molecule has 0 spiro atoms. The topological polar surface area (TPSA) is 76.7 Å². The molecule has 162 valence electrons. The number of amides is 2. The number of rotatable bonds is 7. The molecule has 0 saturated heterocycles. The number of methoxy groups -OCH3 is 1. The molecule has 1 atom stereocenters. The molecule has 2 amide bonds. The van der Waals surface area contributed by atoms with Crippen molar-refractivity contribution in [1.82, 2.24) is 10.6 Å². The van der Waals surface area contributed by atoms with E-state index in [1.807, 2.05) is 0 Å². The van der Waals surface area contributed by atoms with Gasteiger partial charge in [-0.1, -0.05) is 24.3 Å². The molecular formula is C22H26F2N2O4. The van der Waals surface area contributed by atoms with Crippen molar-refractivity contribution < 1.29 is 27.8 Å². The van der Waals surface area contributed by atoms with Gasteiger partial charge >= 0.3 is 6.09 Å². The molecule has 0 fully saturated rings. The summed E-state index contributed by atoms with van der Waals surface area (Å²) in [5.41, 5.74) is -0.304. The van der Waals surface area contributed by atoms with Crippen molar-refractivity contribution in [2.75, 3.05) is 13.8 Å². The standard InChI is InChI=1S/C22H26F2N2O4/c1-22(2,3)30-21(28)25-13-16-14(9-7-10-17(16)24)20(27)26-18(12-23)15-8-5-6-11-19(15)29-4/h5-11,18H,12-13H2,1-4H3,(H,25,28)(H,26,27). The van der Waals surface area contributed by atoms with Gasteiger partial charge in [0.15, 0.2) is 0 Å². The van der Waals surface area contributed by atoms with Crippen molar-refractivity contribution in [2.45, 2.75) is 39.0 Å². The van der Waals surface area contributed by atoms with E-state index < -0.39 is 36.1 Å². The molecule has 2 N–H and O–H groups in total. The number of alkyl carbamates (subject to hydrolysis) is 1. The largest absolute Gasteiger partial charge is 0.496 e. The van der Waals surface area contributed by atoms with Crippen LogP contribution in [-0.2, 0) is 11.3 Å². The normalized spacial score (nSPS) is 12.1. The Labute approximate surface area is 174 Å². The number of nitrogens with one attached hydrogen (secondary N) is 2. The number of carbonyl (C=O) groups is 2. The highest BCUT2D eigenvalue weighted by Gasteiger charge is 2.23. The van der Waals surface area contributed by atoms with Crippen molar-refractivity contribution in [3.8, 4) is 5.75 Å². The highest BCUT2D eigenvalue weighted by molar-refractivity contribution is 5.96. The number of hydrogen-bond donors (Lipinski definition) is 2. The summed E-state index contributed by atoms with van der Waals surface area (Å²) in [5, 5.41) is 5.00. The molecule has 0 saturated carbocycles. The van der Waals surface area contributed by atoms with Crippen LogP contribution in [0.5, 0.6) is 5.75 Å². The lowest BCUT2D eigenvalue weighted by Gasteiger charge is -2.21. The second-order valence-corrected chi connectivity index (χ2v) is 7.54. The van der Waals surface area contributed by atoms with Gasteiger partial charge in [-0.25, -0.2) is 13.6 Å². The van der Waals surface area contributed by atoms with E-state index in [1.54, 1.807) is 45.0 Å². The van der Waals surface area contributed by atoms with Gasteiger partial charge in [0.2, 0.25) is 0 Å². The lowest BCUT2D eigenvalue weighted by atomic mass is 10.0. The summed E-state index contributed by atoms with van der Waals surface area (Å²) in [5.74, 6) is -0.927. The van der Waals surface area contributed by atoms with Crippen molar-refractivity contribution >= 4 is 12.0 Å². The van der Waals surface area contributed by atoms with Gasteiger partial charge in [0.05, 0.1) is 13.2 Å². The minimum Gasteiger partial charge on any atom is -0.496 e. The molecule has 0 aliphatic carbocycles. The fourth-order valence-electron chi connectivity index (χ4n) is 2.82. The Morgan fingerprint density at radius 2 is 1.80 bits per heavy atom. The first-order valence-electron chi connectivity index (χ1n) is 9.40. The smallest absolute Gasteiger partial charge is 0.407 e. The Morgan fingerprint density at radius 1 is 1.10 bits per heavy atom. The summed E-state index contributed by atoms with van der Waals surface area (Å²) < 4.78 is 38.5. The first kappa shape index (κ1) is 23.1. The SMILES string of the molecule is COc1ccccc1C(CF)NC(=O)c1cccc(F)c1CNC(=O)OC(C)(C)C. The van der Waals surface area contributed by atoms with E-state index >= 15 is 0 Å². The second kappa shape index (κ2) is 10.0. The van der Waals surface area contributed by atoms with Crippen LogP contribution in [0.4, 0.5) is 13.6 Å². The Morgan fingerprint density at radius 3 is 2.43 bits per heavy atom. The molecule has 30 heavy (non-hydrogen) atoms. The van der Waals surface area contributed by atoms with E-state index in [0.717, 1.165) is 0 Å². The number of ether oxygens (including phenoxy) is 2. The lowest BCUT2D eigenvalue weighted by Crippen LogP contribution is -2.34. The van der Waals surface area contributed by atoms with Gasteiger partial charge in [-0.15, -0.1) is 0 Å². The van der Waals surface area contributed by atoms with Gasteiger partial charge in [-0.2, -0.15) is 0 Å². The lowest BCUT2D eigenvalue weighted by molar-refractivity contribution is 0.0522.